The fourth-order valence-corrected chi connectivity index (χ4v) is 1.03. The number of alkyl halides is 3. The lowest BCUT2D eigenvalue weighted by Gasteiger charge is -2.10. The molecule has 0 atom stereocenters. The Labute approximate surface area is 89.9 Å². The van der Waals surface area contributed by atoms with Crippen molar-refractivity contribution in [3.8, 4) is 6.07 Å². The standard InChI is InChI=1S/C9H9F3N4/c10-9(11,12)2-4-16-8-7(14)6(5-13)1-3-15-8/h1,3H,2,4,14H2,(H,15,16). The van der Waals surface area contributed by atoms with Crippen molar-refractivity contribution in [3.05, 3.63) is 17.8 Å². The lowest BCUT2D eigenvalue weighted by Crippen LogP contribution is -2.16. The van der Waals surface area contributed by atoms with Crippen LogP contribution in [0.2, 0.25) is 0 Å². The molecule has 7 heteroatoms. The molecule has 0 radical (unpaired) electrons. The molecule has 0 saturated heterocycles. The van der Waals surface area contributed by atoms with E-state index in [0.717, 1.165) is 0 Å². The van der Waals surface area contributed by atoms with Gasteiger partial charge in [-0.2, -0.15) is 18.4 Å². The molecule has 16 heavy (non-hydrogen) atoms. The number of nitriles is 1. The van der Waals surface area contributed by atoms with E-state index < -0.39 is 12.6 Å². The van der Waals surface area contributed by atoms with Gasteiger partial charge in [-0.15, -0.1) is 0 Å². The maximum atomic E-state index is 11.9. The number of nitrogens with one attached hydrogen (secondary N) is 1. The molecule has 1 aromatic rings. The second-order valence-electron chi connectivity index (χ2n) is 3.02. The van der Waals surface area contributed by atoms with Crippen molar-refractivity contribution in [3.63, 3.8) is 0 Å². The van der Waals surface area contributed by atoms with Crippen LogP contribution in [0.4, 0.5) is 24.7 Å². The van der Waals surface area contributed by atoms with Crippen LogP contribution in [0, 0.1) is 11.3 Å². The van der Waals surface area contributed by atoms with E-state index in [9.17, 15) is 13.2 Å². The van der Waals surface area contributed by atoms with E-state index in [1.807, 2.05) is 6.07 Å². The highest BCUT2D eigenvalue weighted by atomic mass is 19.4. The van der Waals surface area contributed by atoms with Gasteiger partial charge in [0.25, 0.3) is 0 Å². The predicted octanol–water partition coefficient (Wildman–Crippen LogP) is 1.90. The number of hydrogen-bond donors (Lipinski definition) is 2. The summed E-state index contributed by atoms with van der Waals surface area (Å²) in [5.41, 5.74) is 5.76. The molecule has 1 heterocycles. The fraction of sp³-hybridized carbons (Fsp3) is 0.333. The highest BCUT2D eigenvalue weighted by Crippen LogP contribution is 2.22. The highest BCUT2D eigenvalue weighted by Gasteiger charge is 2.26. The van der Waals surface area contributed by atoms with Crippen LogP contribution in [0.3, 0.4) is 0 Å². The Balaban J connectivity index is 2.65. The fourth-order valence-electron chi connectivity index (χ4n) is 1.03. The van der Waals surface area contributed by atoms with E-state index in [1.54, 1.807) is 0 Å². The van der Waals surface area contributed by atoms with Crippen molar-refractivity contribution >= 4 is 11.5 Å². The van der Waals surface area contributed by atoms with Gasteiger partial charge in [-0.05, 0) is 6.07 Å². The molecule has 0 aromatic carbocycles. The molecule has 0 unspecified atom stereocenters. The van der Waals surface area contributed by atoms with Crippen molar-refractivity contribution in [1.82, 2.24) is 4.98 Å². The molecule has 0 aliphatic carbocycles. The molecule has 0 aliphatic heterocycles. The Bertz CT molecular complexity index is 408. The SMILES string of the molecule is N#Cc1ccnc(NCCC(F)(F)F)c1N. The van der Waals surface area contributed by atoms with Crippen molar-refractivity contribution < 1.29 is 13.2 Å². The largest absolute Gasteiger partial charge is 0.395 e. The van der Waals surface area contributed by atoms with Gasteiger partial charge >= 0.3 is 6.18 Å². The number of nitrogens with two attached hydrogens (primary N) is 1. The molecule has 86 valence electrons. The van der Waals surface area contributed by atoms with Gasteiger partial charge in [0.1, 0.15) is 6.07 Å². The van der Waals surface area contributed by atoms with Gasteiger partial charge in [-0.3, -0.25) is 0 Å². The lowest BCUT2D eigenvalue weighted by atomic mass is 10.2. The highest BCUT2D eigenvalue weighted by molar-refractivity contribution is 5.68. The number of halogens is 3. The minimum absolute atomic E-state index is 0.0622. The molecular weight excluding hydrogens is 221 g/mol. The van der Waals surface area contributed by atoms with E-state index in [4.69, 9.17) is 11.0 Å². The summed E-state index contributed by atoms with van der Waals surface area (Å²) in [4.78, 5) is 3.75. The number of nitrogens with zero attached hydrogens (tertiary/aromatic N) is 2. The zero-order valence-corrected chi connectivity index (χ0v) is 8.17. The van der Waals surface area contributed by atoms with Crippen molar-refractivity contribution in [2.45, 2.75) is 12.6 Å². The first-order valence-electron chi connectivity index (χ1n) is 4.39. The van der Waals surface area contributed by atoms with E-state index in [1.165, 1.54) is 12.3 Å². The molecule has 0 amide bonds. The Morgan fingerprint density at radius 3 is 2.75 bits per heavy atom. The Morgan fingerprint density at radius 1 is 1.50 bits per heavy atom. The molecule has 0 saturated carbocycles. The van der Waals surface area contributed by atoms with Gasteiger partial charge in [-0.1, -0.05) is 0 Å². The third kappa shape index (κ3) is 3.31. The van der Waals surface area contributed by atoms with Gasteiger partial charge < -0.3 is 11.1 Å². The van der Waals surface area contributed by atoms with E-state index in [-0.39, 0.29) is 23.6 Å². The van der Waals surface area contributed by atoms with Crippen LogP contribution in [-0.4, -0.2) is 17.7 Å². The zero-order valence-electron chi connectivity index (χ0n) is 8.17. The molecule has 0 fully saturated rings. The minimum atomic E-state index is -4.23. The lowest BCUT2D eigenvalue weighted by molar-refractivity contribution is -0.131. The minimum Gasteiger partial charge on any atom is -0.395 e. The van der Waals surface area contributed by atoms with Crippen LogP contribution in [-0.2, 0) is 0 Å². The molecular formula is C9H9F3N4. The molecule has 1 aromatic heterocycles. The van der Waals surface area contributed by atoms with Gasteiger partial charge in [-0.25, -0.2) is 4.98 Å². The maximum absolute atomic E-state index is 11.9. The number of hydrogen-bond acceptors (Lipinski definition) is 4. The molecule has 4 nitrogen and oxygen atoms in total. The zero-order chi connectivity index (χ0) is 12.2. The van der Waals surface area contributed by atoms with Gasteiger partial charge in [0, 0.05) is 12.7 Å². The summed E-state index contributed by atoms with van der Waals surface area (Å²) in [7, 11) is 0. The van der Waals surface area contributed by atoms with E-state index >= 15 is 0 Å². The third-order valence-electron chi connectivity index (χ3n) is 1.81. The van der Waals surface area contributed by atoms with Crippen LogP contribution in [0.5, 0.6) is 0 Å². The third-order valence-corrected chi connectivity index (χ3v) is 1.81. The Hall–Kier alpha value is -1.97. The van der Waals surface area contributed by atoms with Crippen LogP contribution < -0.4 is 11.1 Å². The topological polar surface area (TPSA) is 74.7 Å². The van der Waals surface area contributed by atoms with Gasteiger partial charge in [0.15, 0.2) is 5.82 Å². The summed E-state index contributed by atoms with van der Waals surface area (Å²) in [6.07, 6.45) is -3.90. The second kappa shape index (κ2) is 4.70. The predicted molar refractivity (Wildman–Crippen MR) is 52.5 cm³/mol. The Morgan fingerprint density at radius 2 is 2.19 bits per heavy atom. The molecule has 0 spiro atoms. The first-order chi connectivity index (χ1) is 7.44. The van der Waals surface area contributed by atoms with Crippen molar-refractivity contribution in [2.75, 3.05) is 17.6 Å². The number of aromatic nitrogens is 1. The van der Waals surface area contributed by atoms with Gasteiger partial charge in [0.05, 0.1) is 17.7 Å². The average molecular weight is 230 g/mol. The molecule has 1 rings (SSSR count). The maximum Gasteiger partial charge on any atom is 0.390 e. The molecule has 3 N–H and O–H groups in total. The number of anilines is 2. The summed E-state index contributed by atoms with van der Waals surface area (Å²) in [5.74, 6) is 0.100. The first-order valence-corrected chi connectivity index (χ1v) is 4.39. The first kappa shape index (κ1) is 12.1. The van der Waals surface area contributed by atoms with Crippen LogP contribution in [0.1, 0.15) is 12.0 Å². The summed E-state index contributed by atoms with van der Waals surface area (Å²) in [5, 5.41) is 11.1. The summed E-state index contributed by atoms with van der Waals surface area (Å²) in [6, 6.07) is 3.21. The van der Waals surface area contributed by atoms with Gasteiger partial charge in [0.2, 0.25) is 0 Å². The monoisotopic (exact) mass is 230 g/mol. The van der Waals surface area contributed by atoms with E-state index in [0.29, 0.717) is 0 Å². The molecule has 0 aliphatic rings. The van der Waals surface area contributed by atoms with Crippen LogP contribution in [0.25, 0.3) is 0 Å². The van der Waals surface area contributed by atoms with Crippen molar-refractivity contribution in [2.24, 2.45) is 0 Å². The van der Waals surface area contributed by atoms with E-state index in [2.05, 4.69) is 10.3 Å². The molecule has 0 bridgehead atoms. The quantitative estimate of drug-likeness (QED) is 0.831. The van der Waals surface area contributed by atoms with Crippen molar-refractivity contribution in [1.29, 1.82) is 5.26 Å². The number of rotatable bonds is 3. The van der Waals surface area contributed by atoms with Crippen LogP contribution >= 0.6 is 0 Å². The summed E-state index contributed by atoms with van der Waals surface area (Å²) >= 11 is 0. The number of nitrogen functional groups attached to an aromatic ring is 1. The number of pyridine rings is 1. The average Bonchev–Trinajstić information content (AvgIpc) is 2.19. The van der Waals surface area contributed by atoms with Crippen LogP contribution in [0.15, 0.2) is 12.3 Å². The second-order valence-corrected chi connectivity index (χ2v) is 3.02. The summed E-state index contributed by atoms with van der Waals surface area (Å²) in [6.45, 7) is -0.324. The smallest absolute Gasteiger partial charge is 0.390 e. The Kier molecular flexibility index (Phi) is 3.55. The normalized spacial score (nSPS) is 10.9. The summed E-state index contributed by atoms with van der Waals surface area (Å²) < 4.78 is 35.6.